The molecule has 0 radical (unpaired) electrons. The van der Waals surface area contributed by atoms with E-state index in [1.807, 2.05) is 0 Å². The largest absolute Gasteiger partial charge is 0.381 e. The Balaban J connectivity index is 1.52. The second kappa shape index (κ2) is 5.75. The first-order valence-corrected chi connectivity index (χ1v) is 7.90. The molecule has 1 N–H and O–H groups in total. The van der Waals surface area contributed by atoms with Gasteiger partial charge in [-0.2, -0.15) is 0 Å². The van der Waals surface area contributed by atoms with Crippen molar-refractivity contribution >= 4 is 0 Å². The van der Waals surface area contributed by atoms with E-state index < -0.39 is 0 Å². The highest BCUT2D eigenvalue weighted by molar-refractivity contribution is 5.10. The molecule has 1 saturated carbocycles. The van der Waals surface area contributed by atoms with Crippen molar-refractivity contribution in [1.82, 2.24) is 5.32 Å². The maximum absolute atomic E-state index is 5.42. The fraction of sp³-hybridized carbons (Fsp3) is 0.875. The average Bonchev–Trinajstić information content (AvgIpc) is 2.44. The summed E-state index contributed by atoms with van der Waals surface area (Å²) in [5.74, 6) is 0. The molecule has 0 aromatic rings. The van der Waals surface area contributed by atoms with E-state index >= 15 is 0 Å². The van der Waals surface area contributed by atoms with E-state index in [4.69, 9.17) is 4.74 Å². The zero-order valence-electron chi connectivity index (χ0n) is 11.5. The van der Waals surface area contributed by atoms with E-state index in [-0.39, 0.29) is 0 Å². The summed E-state index contributed by atoms with van der Waals surface area (Å²) in [6.45, 7) is 1.88. The van der Waals surface area contributed by atoms with Gasteiger partial charge in [0.05, 0.1) is 0 Å². The number of hydrogen-bond donors (Lipinski definition) is 1. The standard InChI is InChI=1S/C16H27NO/c1-2-8-16(9-3-1)10-4-14(5-11-16)17-15-6-12-18-13-7-15/h4,10,14-15,17H,1-3,5-9,11-13H2. The van der Waals surface area contributed by atoms with Crippen molar-refractivity contribution in [2.45, 2.75) is 69.9 Å². The maximum Gasteiger partial charge on any atom is 0.0480 e. The van der Waals surface area contributed by atoms with Crippen LogP contribution in [0.2, 0.25) is 0 Å². The van der Waals surface area contributed by atoms with E-state index in [1.54, 1.807) is 0 Å². The molecule has 3 rings (SSSR count). The molecule has 0 aromatic heterocycles. The van der Waals surface area contributed by atoms with Crippen LogP contribution in [-0.2, 0) is 4.74 Å². The first kappa shape index (κ1) is 12.7. The molecule has 3 aliphatic rings. The lowest BCUT2D eigenvalue weighted by Crippen LogP contribution is -2.43. The van der Waals surface area contributed by atoms with Crippen LogP contribution in [0.15, 0.2) is 12.2 Å². The smallest absolute Gasteiger partial charge is 0.0480 e. The minimum Gasteiger partial charge on any atom is -0.381 e. The molecule has 0 amide bonds. The lowest BCUT2D eigenvalue weighted by Gasteiger charge is -2.40. The Labute approximate surface area is 111 Å². The summed E-state index contributed by atoms with van der Waals surface area (Å²) in [5, 5.41) is 3.81. The second-order valence-electron chi connectivity index (χ2n) is 6.48. The van der Waals surface area contributed by atoms with Gasteiger partial charge in [-0.1, -0.05) is 31.4 Å². The summed E-state index contributed by atoms with van der Waals surface area (Å²) in [6, 6.07) is 1.31. The molecule has 102 valence electrons. The van der Waals surface area contributed by atoms with E-state index in [1.165, 1.54) is 57.8 Å². The Morgan fingerprint density at radius 1 is 0.944 bits per heavy atom. The number of ether oxygens (including phenoxy) is 1. The summed E-state index contributed by atoms with van der Waals surface area (Å²) in [7, 11) is 0. The van der Waals surface area contributed by atoms with Crippen LogP contribution in [0.4, 0.5) is 0 Å². The third kappa shape index (κ3) is 2.97. The Morgan fingerprint density at radius 3 is 2.39 bits per heavy atom. The maximum atomic E-state index is 5.42. The van der Waals surface area contributed by atoms with Gasteiger partial charge in [-0.05, 0) is 43.9 Å². The summed E-state index contributed by atoms with van der Waals surface area (Å²) in [4.78, 5) is 0. The van der Waals surface area contributed by atoms with Crippen LogP contribution in [0.25, 0.3) is 0 Å². The molecule has 0 bridgehead atoms. The lowest BCUT2D eigenvalue weighted by molar-refractivity contribution is 0.0749. The normalized spacial score (nSPS) is 32.8. The van der Waals surface area contributed by atoms with Gasteiger partial charge in [0.2, 0.25) is 0 Å². The Bertz CT molecular complexity index is 287. The van der Waals surface area contributed by atoms with Crippen LogP contribution in [0.1, 0.15) is 57.8 Å². The summed E-state index contributed by atoms with van der Waals surface area (Å²) in [6.07, 6.45) is 17.4. The monoisotopic (exact) mass is 249 g/mol. The first-order valence-electron chi connectivity index (χ1n) is 7.90. The predicted octanol–water partition coefficient (Wildman–Crippen LogP) is 3.42. The molecule has 2 fully saturated rings. The Morgan fingerprint density at radius 2 is 1.72 bits per heavy atom. The van der Waals surface area contributed by atoms with Crippen LogP contribution in [-0.4, -0.2) is 25.3 Å². The van der Waals surface area contributed by atoms with Crippen molar-refractivity contribution in [3.8, 4) is 0 Å². The van der Waals surface area contributed by atoms with Crippen molar-refractivity contribution in [3.05, 3.63) is 12.2 Å². The average molecular weight is 249 g/mol. The highest BCUT2D eigenvalue weighted by Gasteiger charge is 2.32. The molecule has 1 unspecified atom stereocenters. The summed E-state index contributed by atoms with van der Waals surface area (Å²) < 4.78 is 5.42. The molecule has 2 heteroatoms. The molecule has 1 spiro atoms. The topological polar surface area (TPSA) is 21.3 Å². The quantitative estimate of drug-likeness (QED) is 0.757. The molecule has 1 aliphatic heterocycles. The third-order valence-corrected chi connectivity index (χ3v) is 5.16. The minimum absolute atomic E-state index is 0.589. The van der Waals surface area contributed by atoms with E-state index in [0.717, 1.165) is 13.2 Å². The van der Waals surface area contributed by atoms with Crippen molar-refractivity contribution in [1.29, 1.82) is 0 Å². The van der Waals surface area contributed by atoms with Crippen molar-refractivity contribution in [2.24, 2.45) is 5.41 Å². The van der Waals surface area contributed by atoms with Crippen LogP contribution in [0, 0.1) is 5.41 Å². The number of rotatable bonds is 2. The van der Waals surface area contributed by atoms with Crippen LogP contribution < -0.4 is 5.32 Å². The molecule has 1 heterocycles. The van der Waals surface area contributed by atoms with Gasteiger partial charge in [0.15, 0.2) is 0 Å². The predicted molar refractivity (Wildman–Crippen MR) is 74.7 cm³/mol. The second-order valence-corrected chi connectivity index (χ2v) is 6.48. The fourth-order valence-electron chi connectivity index (χ4n) is 3.92. The molecule has 1 atom stereocenters. The minimum atomic E-state index is 0.589. The number of allylic oxidation sites excluding steroid dienone is 1. The lowest BCUT2D eigenvalue weighted by atomic mass is 9.68. The highest BCUT2D eigenvalue weighted by atomic mass is 16.5. The Hall–Kier alpha value is -0.340. The fourth-order valence-corrected chi connectivity index (χ4v) is 3.92. The molecular formula is C16H27NO. The van der Waals surface area contributed by atoms with Gasteiger partial charge in [-0.3, -0.25) is 0 Å². The summed E-state index contributed by atoms with van der Waals surface area (Å²) >= 11 is 0. The molecule has 18 heavy (non-hydrogen) atoms. The van der Waals surface area contributed by atoms with E-state index in [2.05, 4.69) is 17.5 Å². The van der Waals surface area contributed by atoms with Gasteiger partial charge in [0.25, 0.3) is 0 Å². The zero-order valence-corrected chi connectivity index (χ0v) is 11.5. The summed E-state index contributed by atoms with van der Waals surface area (Å²) in [5.41, 5.74) is 0.589. The zero-order chi connectivity index (χ0) is 12.3. The third-order valence-electron chi connectivity index (χ3n) is 5.16. The van der Waals surface area contributed by atoms with Gasteiger partial charge in [-0.25, -0.2) is 0 Å². The molecule has 0 aromatic carbocycles. The van der Waals surface area contributed by atoms with E-state index in [9.17, 15) is 0 Å². The van der Waals surface area contributed by atoms with Crippen molar-refractivity contribution < 1.29 is 4.74 Å². The van der Waals surface area contributed by atoms with E-state index in [0.29, 0.717) is 17.5 Å². The van der Waals surface area contributed by atoms with Gasteiger partial charge in [0.1, 0.15) is 0 Å². The number of hydrogen-bond acceptors (Lipinski definition) is 2. The van der Waals surface area contributed by atoms with Gasteiger partial charge < -0.3 is 10.1 Å². The van der Waals surface area contributed by atoms with Gasteiger partial charge >= 0.3 is 0 Å². The van der Waals surface area contributed by atoms with Crippen LogP contribution >= 0.6 is 0 Å². The molecule has 2 nitrogen and oxygen atoms in total. The van der Waals surface area contributed by atoms with Crippen molar-refractivity contribution in [2.75, 3.05) is 13.2 Å². The van der Waals surface area contributed by atoms with Crippen molar-refractivity contribution in [3.63, 3.8) is 0 Å². The molecular weight excluding hydrogens is 222 g/mol. The highest BCUT2D eigenvalue weighted by Crippen LogP contribution is 2.44. The Kier molecular flexibility index (Phi) is 4.05. The van der Waals surface area contributed by atoms with Gasteiger partial charge in [0, 0.05) is 25.3 Å². The first-order chi connectivity index (χ1) is 8.86. The van der Waals surface area contributed by atoms with Crippen LogP contribution in [0.3, 0.4) is 0 Å². The van der Waals surface area contributed by atoms with Crippen LogP contribution in [0.5, 0.6) is 0 Å². The molecule has 1 saturated heterocycles. The van der Waals surface area contributed by atoms with Gasteiger partial charge in [-0.15, -0.1) is 0 Å². The SMILES string of the molecule is C1=CC2(CCCCC2)CCC1NC1CCOCC1. The molecule has 2 aliphatic carbocycles. The number of nitrogens with one attached hydrogen (secondary N) is 1.